The third-order valence-corrected chi connectivity index (χ3v) is 5.20. The molecule has 0 spiro atoms. The fraction of sp³-hybridized carbons (Fsp3) is 0. The van der Waals surface area contributed by atoms with Gasteiger partial charge in [0.2, 0.25) is 0 Å². The highest BCUT2D eigenvalue weighted by Crippen LogP contribution is 2.35. The zero-order chi connectivity index (χ0) is 15.8. The van der Waals surface area contributed by atoms with Crippen molar-refractivity contribution in [2.75, 3.05) is 0 Å². The first-order chi connectivity index (χ1) is 11.2. The number of benzene rings is 2. The lowest BCUT2D eigenvalue weighted by atomic mass is 10.2. The predicted octanol–water partition coefficient (Wildman–Crippen LogP) is 5.32. The summed E-state index contributed by atoms with van der Waals surface area (Å²) in [5.41, 5.74) is 0. The molecule has 0 N–H and O–H groups in total. The maximum Gasteiger partial charge on any atom is 0.355 e. The lowest BCUT2D eigenvalue weighted by Gasteiger charge is -2.04. The molecule has 0 saturated carbocycles. The van der Waals surface area contributed by atoms with Crippen LogP contribution in [0.4, 0.5) is 0 Å². The van der Waals surface area contributed by atoms with Gasteiger partial charge in [0.05, 0.1) is 5.02 Å². The summed E-state index contributed by atoms with van der Waals surface area (Å²) in [6, 6.07) is 15.0. The van der Waals surface area contributed by atoms with Crippen molar-refractivity contribution < 1.29 is 9.53 Å². The van der Waals surface area contributed by atoms with Crippen molar-refractivity contribution in [3.63, 3.8) is 0 Å². The van der Waals surface area contributed by atoms with E-state index in [1.165, 1.54) is 11.3 Å². The minimum absolute atomic E-state index is 0.419. The van der Waals surface area contributed by atoms with Crippen molar-refractivity contribution in [3.8, 4) is 5.75 Å². The number of fused-ring (bicyclic) bond motifs is 2. The van der Waals surface area contributed by atoms with Crippen LogP contribution in [0.2, 0.25) is 5.02 Å². The number of nitrogens with zero attached hydrogens (tertiary/aromatic N) is 1. The monoisotopic (exact) mass is 339 g/mol. The number of esters is 1. The van der Waals surface area contributed by atoms with Gasteiger partial charge in [-0.05, 0) is 35.7 Å². The second kappa shape index (κ2) is 5.65. The highest BCUT2D eigenvalue weighted by atomic mass is 35.5. The molecule has 3 nitrogen and oxygen atoms in total. The second-order valence-corrected chi connectivity index (χ2v) is 6.45. The van der Waals surface area contributed by atoms with Crippen molar-refractivity contribution >= 4 is 49.8 Å². The van der Waals surface area contributed by atoms with Crippen molar-refractivity contribution in [3.05, 3.63) is 70.8 Å². The first kappa shape index (κ1) is 14.2. The van der Waals surface area contributed by atoms with E-state index < -0.39 is 5.97 Å². The molecule has 23 heavy (non-hydrogen) atoms. The molecule has 4 aromatic rings. The summed E-state index contributed by atoms with van der Waals surface area (Å²) in [6.07, 6.45) is 3.47. The van der Waals surface area contributed by atoms with Crippen molar-refractivity contribution in [1.29, 1.82) is 0 Å². The van der Waals surface area contributed by atoms with Gasteiger partial charge in [-0.15, -0.1) is 11.3 Å². The average molecular weight is 340 g/mol. The summed E-state index contributed by atoms with van der Waals surface area (Å²) in [5.74, 6) is 0.0480. The van der Waals surface area contributed by atoms with Crippen LogP contribution in [0.3, 0.4) is 0 Å². The van der Waals surface area contributed by atoms with Crippen LogP contribution in [0.1, 0.15) is 9.67 Å². The van der Waals surface area contributed by atoms with Gasteiger partial charge in [-0.1, -0.05) is 29.8 Å². The average Bonchev–Trinajstić information content (AvgIpc) is 2.92. The van der Waals surface area contributed by atoms with E-state index in [1.54, 1.807) is 18.5 Å². The molecule has 2 aromatic carbocycles. The zero-order valence-electron chi connectivity index (χ0n) is 11.8. The number of rotatable bonds is 2. The highest BCUT2D eigenvalue weighted by molar-refractivity contribution is 7.21. The van der Waals surface area contributed by atoms with Gasteiger partial charge < -0.3 is 4.74 Å². The normalized spacial score (nSPS) is 11.0. The fourth-order valence-electron chi connectivity index (χ4n) is 2.42. The summed E-state index contributed by atoms with van der Waals surface area (Å²) in [7, 11) is 0. The number of aromatic nitrogens is 1. The molecule has 0 amide bonds. The molecule has 5 heteroatoms. The molecule has 0 unspecified atom stereocenters. The van der Waals surface area contributed by atoms with Gasteiger partial charge in [0, 0.05) is 27.9 Å². The molecule has 0 aliphatic carbocycles. The van der Waals surface area contributed by atoms with Crippen molar-refractivity contribution in [2.45, 2.75) is 0 Å². The van der Waals surface area contributed by atoms with Crippen LogP contribution < -0.4 is 4.74 Å². The topological polar surface area (TPSA) is 39.2 Å². The SMILES string of the molecule is O=C(Oc1ccc2cnccc2c1)c1sc2ccccc2c1Cl. The Hall–Kier alpha value is -2.43. The quantitative estimate of drug-likeness (QED) is 0.366. The van der Waals surface area contributed by atoms with Gasteiger partial charge >= 0.3 is 5.97 Å². The van der Waals surface area contributed by atoms with Gasteiger partial charge in [0.15, 0.2) is 0 Å². The Morgan fingerprint density at radius 2 is 1.96 bits per heavy atom. The Bertz CT molecular complexity index is 1040. The molecular weight excluding hydrogens is 330 g/mol. The summed E-state index contributed by atoms with van der Waals surface area (Å²) in [4.78, 5) is 16.9. The van der Waals surface area contributed by atoms with Crippen LogP contribution in [0, 0.1) is 0 Å². The van der Waals surface area contributed by atoms with Crippen LogP contribution in [-0.4, -0.2) is 11.0 Å². The molecule has 2 aromatic heterocycles. The van der Waals surface area contributed by atoms with Gasteiger partial charge in [-0.2, -0.15) is 0 Å². The van der Waals surface area contributed by atoms with E-state index in [-0.39, 0.29) is 0 Å². The number of hydrogen-bond donors (Lipinski definition) is 0. The van der Waals surface area contributed by atoms with E-state index in [9.17, 15) is 4.79 Å². The van der Waals surface area contributed by atoms with E-state index in [0.717, 1.165) is 20.9 Å². The number of carbonyl (C=O) groups excluding carboxylic acids is 1. The third-order valence-electron chi connectivity index (χ3n) is 3.54. The van der Waals surface area contributed by atoms with Gasteiger partial charge in [-0.25, -0.2) is 4.79 Å². The van der Waals surface area contributed by atoms with Crippen molar-refractivity contribution in [1.82, 2.24) is 4.98 Å². The van der Waals surface area contributed by atoms with Gasteiger partial charge in [-0.3, -0.25) is 4.98 Å². The van der Waals surface area contributed by atoms with Crippen LogP contribution in [0.25, 0.3) is 20.9 Å². The van der Waals surface area contributed by atoms with E-state index in [4.69, 9.17) is 16.3 Å². The number of carbonyl (C=O) groups is 1. The standard InChI is InChI=1S/C18H10ClNO2S/c19-16-14-3-1-2-4-15(14)23-17(16)18(21)22-13-6-5-12-10-20-8-7-11(12)9-13/h1-10H. The van der Waals surface area contributed by atoms with E-state index in [1.807, 2.05) is 42.5 Å². The van der Waals surface area contributed by atoms with Gasteiger partial charge in [0.1, 0.15) is 10.6 Å². The Morgan fingerprint density at radius 1 is 1.09 bits per heavy atom. The number of ether oxygens (including phenoxy) is 1. The van der Waals surface area contributed by atoms with Crippen molar-refractivity contribution in [2.24, 2.45) is 0 Å². The van der Waals surface area contributed by atoms with E-state index >= 15 is 0 Å². The van der Waals surface area contributed by atoms with Crippen LogP contribution in [0.15, 0.2) is 60.9 Å². The number of thiophene rings is 1. The second-order valence-electron chi connectivity index (χ2n) is 5.02. The molecule has 0 saturated heterocycles. The largest absolute Gasteiger partial charge is 0.422 e. The van der Waals surface area contributed by atoms with E-state index in [0.29, 0.717) is 15.6 Å². The lowest BCUT2D eigenvalue weighted by molar-refractivity contribution is 0.0740. The number of pyridine rings is 1. The first-order valence-electron chi connectivity index (χ1n) is 6.95. The predicted molar refractivity (Wildman–Crippen MR) is 93.5 cm³/mol. The Labute approximate surface area is 141 Å². The zero-order valence-corrected chi connectivity index (χ0v) is 13.4. The minimum Gasteiger partial charge on any atom is -0.422 e. The lowest BCUT2D eigenvalue weighted by Crippen LogP contribution is -2.06. The Morgan fingerprint density at radius 3 is 2.83 bits per heavy atom. The molecular formula is C18H10ClNO2S. The van der Waals surface area contributed by atoms with Crippen LogP contribution in [0.5, 0.6) is 5.75 Å². The summed E-state index contributed by atoms with van der Waals surface area (Å²) < 4.78 is 6.45. The summed E-state index contributed by atoms with van der Waals surface area (Å²) in [5, 5.41) is 3.27. The van der Waals surface area contributed by atoms with Crippen LogP contribution >= 0.6 is 22.9 Å². The maximum atomic E-state index is 12.4. The molecule has 4 rings (SSSR count). The molecule has 0 fully saturated rings. The highest BCUT2D eigenvalue weighted by Gasteiger charge is 2.19. The Balaban J connectivity index is 1.69. The summed E-state index contributed by atoms with van der Waals surface area (Å²) >= 11 is 7.65. The van der Waals surface area contributed by atoms with E-state index in [2.05, 4.69) is 4.98 Å². The molecule has 112 valence electrons. The smallest absolute Gasteiger partial charge is 0.355 e. The molecule has 0 bridgehead atoms. The molecule has 0 aliphatic rings. The number of halogens is 1. The van der Waals surface area contributed by atoms with Gasteiger partial charge in [0.25, 0.3) is 0 Å². The first-order valence-corrected chi connectivity index (χ1v) is 8.15. The fourth-order valence-corrected chi connectivity index (χ4v) is 3.81. The summed E-state index contributed by atoms with van der Waals surface area (Å²) in [6.45, 7) is 0. The van der Waals surface area contributed by atoms with Crippen LogP contribution in [-0.2, 0) is 0 Å². The number of hydrogen-bond acceptors (Lipinski definition) is 4. The molecule has 0 radical (unpaired) electrons. The maximum absolute atomic E-state index is 12.4. The molecule has 2 heterocycles. The molecule has 0 aliphatic heterocycles. The Kier molecular flexibility index (Phi) is 3.48. The molecule has 0 atom stereocenters. The third kappa shape index (κ3) is 2.56. The minimum atomic E-state index is -0.440.